The Balaban J connectivity index is 1.77. The Hall–Kier alpha value is -2.93. The van der Waals surface area contributed by atoms with Crippen LogP contribution in [0.4, 0.5) is 5.13 Å². The van der Waals surface area contributed by atoms with E-state index in [1.165, 1.54) is 16.9 Å². The van der Waals surface area contributed by atoms with Crippen LogP contribution in [0.15, 0.2) is 53.3 Å². The number of furan rings is 1. The highest BCUT2D eigenvalue weighted by molar-refractivity contribution is 7.22. The van der Waals surface area contributed by atoms with Crippen molar-refractivity contribution in [2.24, 2.45) is 0 Å². The number of anilines is 1. The van der Waals surface area contributed by atoms with E-state index in [0.29, 0.717) is 35.6 Å². The Kier molecular flexibility index (Phi) is 5.00. The van der Waals surface area contributed by atoms with E-state index in [0.717, 1.165) is 10.2 Å². The highest BCUT2D eigenvalue weighted by Gasteiger charge is 2.25. The number of nitrogens with zero attached hydrogens (tertiary/aromatic N) is 4. The van der Waals surface area contributed by atoms with Crippen LogP contribution in [-0.2, 0) is 13.1 Å². The SMILES string of the molecule is CCn1ccc(C(=O)N(Cc2ccco2)c2nc3c(C(C)C)cccc3s2)n1. The quantitative estimate of drug-likeness (QED) is 0.458. The number of para-hydroxylation sites is 1. The molecule has 0 aliphatic rings. The number of aryl methyl sites for hydroxylation is 1. The molecule has 0 atom stereocenters. The van der Waals surface area contributed by atoms with Crippen LogP contribution < -0.4 is 4.90 Å². The van der Waals surface area contributed by atoms with Gasteiger partial charge in [0.05, 0.1) is 23.0 Å². The lowest BCUT2D eigenvalue weighted by molar-refractivity contribution is 0.0977. The molecule has 0 saturated heterocycles. The van der Waals surface area contributed by atoms with Gasteiger partial charge in [-0.25, -0.2) is 4.98 Å². The van der Waals surface area contributed by atoms with Crippen LogP contribution in [0.3, 0.4) is 0 Å². The summed E-state index contributed by atoms with van der Waals surface area (Å²) in [7, 11) is 0. The fourth-order valence-corrected chi connectivity index (χ4v) is 4.11. The van der Waals surface area contributed by atoms with E-state index < -0.39 is 0 Å². The van der Waals surface area contributed by atoms with Gasteiger partial charge in [-0.2, -0.15) is 5.10 Å². The maximum Gasteiger partial charge on any atom is 0.280 e. The number of benzene rings is 1. The normalized spacial score (nSPS) is 11.4. The lowest BCUT2D eigenvalue weighted by Crippen LogP contribution is -2.30. The van der Waals surface area contributed by atoms with Crippen molar-refractivity contribution in [3.63, 3.8) is 0 Å². The molecule has 4 rings (SSSR count). The van der Waals surface area contributed by atoms with Crippen LogP contribution in [0.25, 0.3) is 10.2 Å². The molecule has 4 aromatic rings. The number of carbonyl (C=O) groups is 1. The summed E-state index contributed by atoms with van der Waals surface area (Å²) in [5, 5.41) is 5.02. The van der Waals surface area contributed by atoms with Crippen molar-refractivity contribution >= 4 is 32.6 Å². The first-order chi connectivity index (χ1) is 13.6. The predicted octanol–water partition coefficient (Wildman–Crippen LogP) is 5.08. The zero-order chi connectivity index (χ0) is 19.7. The van der Waals surface area contributed by atoms with Gasteiger partial charge in [0.2, 0.25) is 0 Å². The minimum atomic E-state index is -0.186. The molecular formula is C21H22N4O2S. The van der Waals surface area contributed by atoms with Gasteiger partial charge in [0.15, 0.2) is 10.8 Å². The van der Waals surface area contributed by atoms with E-state index in [9.17, 15) is 4.79 Å². The van der Waals surface area contributed by atoms with Gasteiger partial charge >= 0.3 is 0 Å². The molecule has 0 N–H and O–H groups in total. The Morgan fingerprint density at radius 3 is 2.79 bits per heavy atom. The Morgan fingerprint density at radius 1 is 1.25 bits per heavy atom. The standard InChI is InChI=1S/C21H22N4O2S/c1-4-24-11-10-17(23-24)20(26)25(13-15-7-6-12-27-15)21-22-19-16(14(2)3)8-5-9-18(19)28-21/h5-12,14H,4,13H2,1-3H3. The zero-order valence-electron chi connectivity index (χ0n) is 16.1. The maximum atomic E-state index is 13.3. The molecule has 0 aliphatic heterocycles. The lowest BCUT2D eigenvalue weighted by atomic mass is 10.0. The molecule has 3 heterocycles. The first kappa shape index (κ1) is 18.4. The monoisotopic (exact) mass is 394 g/mol. The molecule has 0 aliphatic carbocycles. The summed E-state index contributed by atoms with van der Waals surface area (Å²) in [4.78, 5) is 19.8. The molecule has 3 aromatic heterocycles. The van der Waals surface area contributed by atoms with Crippen molar-refractivity contribution in [2.45, 2.75) is 39.8 Å². The van der Waals surface area contributed by atoms with E-state index >= 15 is 0 Å². The average Bonchev–Trinajstić information content (AvgIpc) is 3.44. The van der Waals surface area contributed by atoms with E-state index in [4.69, 9.17) is 9.40 Å². The summed E-state index contributed by atoms with van der Waals surface area (Å²) < 4.78 is 8.30. The molecule has 0 radical (unpaired) electrons. The van der Waals surface area contributed by atoms with Crippen LogP contribution in [0.2, 0.25) is 0 Å². The summed E-state index contributed by atoms with van der Waals surface area (Å²) >= 11 is 1.51. The fraction of sp³-hybridized carbons (Fsp3) is 0.286. The number of hydrogen-bond donors (Lipinski definition) is 0. The number of amides is 1. The van der Waals surface area contributed by atoms with Crippen molar-refractivity contribution in [3.8, 4) is 0 Å². The van der Waals surface area contributed by atoms with Crippen molar-refractivity contribution in [2.75, 3.05) is 4.90 Å². The molecule has 0 spiro atoms. The number of fused-ring (bicyclic) bond motifs is 1. The first-order valence-electron chi connectivity index (χ1n) is 9.34. The predicted molar refractivity (Wildman–Crippen MR) is 111 cm³/mol. The summed E-state index contributed by atoms with van der Waals surface area (Å²) in [6.45, 7) is 7.31. The van der Waals surface area contributed by atoms with E-state index in [-0.39, 0.29) is 5.91 Å². The van der Waals surface area contributed by atoms with E-state index in [2.05, 4.69) is 25.0 Å². The van der Waals surface area contributed by atoms with Crippen molar-refractivity contribution in [3.05, 3.63) is 65.9 Å². The highest BCUT2D eigenvalue weighted by Crippen LogP contribution is 2.34. The van der Waals surface area contributed by atoms with Crippen LogP contribution >= 0.6 is 11.3 Å². The Labute approximate surface area is 167 Å². The van der Waals surface area contributed by atoms with E-state index in [1.54, 1.807) is 21.9 Å². The second-order valence-electron chi connectivity index (χ2n) is 6.87. The van der Waals surface area contributed by atoms with Crippen LogP contribution in [0, 0.1) is 0 Å². The Morgan fingerprint density at radius 2 is 2.11 bits per heavy atom. The third kappa shape index (κ3) is 3.45. The molecule has 0 bridgehead atoms. The highest BCUT2D eigenvalue weighted by atomic mass is 32.1. The van der Waals surface area contributed by atoms with Gasteiger partial charge in [-0.15, -0.1) is 0 Å². The molecule has 144 valence electrons. The summed E-state index contributed by atoms with van der Waals surface area (Å²) in [5.74, 6) is 0.869. The lowest BCUT2D eigenvalue weighted by Gasteiger charge is -2.17. The van der Waals surface area contributed by atoms with Gasteiger partial charge in [0.1, 0.15) is 5.76 Å². The second kappa shape index (κ2) is 7.59. The summed E-state index contributed by atoms with van der Waals surface area (Å²) in [6.07, 6.45) is 3.42. The van der Waals surface area contributed by atoms with Gasteiger partial charge in [0.25, 0.3) is 5.91 Å². The molecule has 1 amide bonds. The smallest absolute Gasteiger partial charge is 0.280 e. The second-order valence-corrected chi connectivity index (χ2v) is 7.88. The Bertz CT molecular complexity index is 1090. The minimum Gasteiger partial charge on any atom is -0.467 e. The van der Waals surface area contributed by atoms with Crippen molar-refractivity contribution < 1.29 is 9.21 Å². The number of hydrogen-bond acceptors (Lipinski definition) is 5. The van der Waals surface area contributed by atoms with Gasteiger partial charge in [-0.05, 0) is 42.7 Å². The number of thiazole rings is 1. The van der Waals surface area contributed by atoms with Crippen LogP contribution in [-0.4, -0.2) is 20.7 Å². The number of aromatic nitrogens is 3. The molecule has 7 heteroatoms. The van der Waals surface area contributed by atoms with Crippen molar-refractivity contribution in [1.82, 2.24) is 14.8 Å². The van der Waals surface area contributed by atoms with Gasteiger partial charge in [-0.1, -0.05) is 37.3 Å². The molecule has 6 nitrogen and oxygen atoms in total. The summed E-state index contributed by atoms with van der Waals surface area (Å²) in [5.41, 5.74) is 2.53. The largest absolute Gasteiger partial charge is 0.467 e. The average molecular weight is 395 g/mol. The minimum absolute atomic E-state index is 0.186. The number of carbonyl (C=O) groups excluding carboxylic acids is 1. The molecule has 1 aromatic carbocycles. The molecule has 0 unspecified atom stereocenters. The van der Waals surface area contributed by atoms with Crippen LogP contribution in [0.1, 0.15) is 48.5 Å². The zero-order valence-corrected chi connectivity index (χ0v) is 16.9. The third-order valence-corrected chi connectivity index (χ3v) is 5.66. The fourth-order valence-electron chi connectivity index (χ4n) is 3.11. The van der Waals surface area contributed by atoms with Gasteiger partial charge in [0, 0.05) is 12.7 Å². The van der Waals surface area contributed by atoms with Crippen molar-refractivity contribution in [1.29, 1.82) is 0 Å². The number of rotatable bonds is 6. The van der Waals surface area contributed by atoms with Gasteiger partial charge < -0.3 is 4.42 Å². The third-order valence-electron chi connectivity index (χ3n) is 4.61. The molecule has 0 saturated carbocycles. The molecule has 0 fully saturated rings. The molecule has 28 heavy (non-hydrogen) atoms. The first-order valence-corrected chi connectivity index (χ1v) is 10.2. The van der Waals surface area contributed by atoms with E-state index in [1.807, 2.05) is 37.4 Å². The summed E-state index contributed by atoms with van der Waals surface area (Å²) in [6, 6.07) is 11.6. The molecular weight excluding hydrogens is 372 g/mol. The van der Waals surface area contributed by atoms with Gasteiger partial charge in [-0.3, -0.25) is 14.4 Å². The maximum absolute atomic E-state index is 13.3. The topological polar surface area (TPSA) is 64.2 Å². The van der Waals surface area contributed by atoms with Crippen LogP contribution in [0.5, 0.6) is 0 Å².